The zero-order valence-corrected chi connectivity index (χ0v) is 10.5. The van der Waals surface area contributed by atoms with Gasteiger partial charge in [0.1, 0.15) is 18.1 Å². The number of aliphatic hydroxyl groups is 2. The molecule has 1 aromatic rings. The van der Waals surface area contributed by atoms with Gasteiger partial charge in [-0.25, -0.2) is 4.39 Å². The molecule has 0 aromatic heterocycles. The van der Waals surface area contributed by atoms with Gasteiger partial charge in [0.15, 0.2) is 5.76 Å². The van der Waals surface area contributed by atoms with Crippen LogP contribution in [-0.4, -0.2) is 10.2 Å². The Morgan fingerprint density at radius 1 is 1.53 bits per heavy atom. The van der Waals surface area contributed by atoms with E-state index in [1.54, 1.807) is 25.1 Å². The first-order valence-corrected chi connectivity index (χ1v) is 5.66. The van der Waals surface area contributed by atoms with E-state index in [2.05, 4.69) is 6.58 Å². The minimum atomic E-state index is -0.616. The highest BCUT2D eigenvalue weighted by atomic mass is 19.1. The summed E-state index contributed by atoms with van der Waals surface area (Å²) in [6, 6.07) is 5.90. The molecule has 0 aliphatic rings. The van der Waals surface area contributed by atoms with Crippen LogP contribution >= 0.6 is 0 Å². The number of halogens is 1. The Hall–Kier alpha value is -2.54. The Labute approximate surface area is 111 Å². The van der Waals surface area contributed by atoms with Crippen molar-refractivity contribution in [1.29, 1.82) is 5.26 Å². The van der Waals surface area contributed by atoms with E-state index in [9.17, 15) is 9.50 Å². The molecule has 0 spiro atoms. The second-order valence-corrected chi connectivity index (χ2v) is 3.87. The Balaban J connectivity index is 3.11. The average molecular weight is 259 g/mol. The lowest BCUT2D eigenvalue weighted by Crippen LogP contribution is -1.91. The van der Waals surface area contributed by atoms with E-state index in [-0.39, 0.29) is 11.3 Å². The molecule has 0 radical (unpaired) electrons. The molecule has 0 unspecified atom stereocenters. The van der Waals surface area contributed by atoms with Gasteiger partial charge in [0.05, 0.1) is 5.56 Å². The van der Waals surface area contributed by atoms with Gasteiger partial charge in [-0.15, -0.1) is 0 Å². The number of rotatable bonds is 4. The number of nitrogens with zero attached hydrogens (tertiary/aromatic N) is 1. The number of nitriles is 1. The minimum Gasteiger partial charge on any atom is -0.512 e. The Morgan fingerprint density at radius 3 is 2.68 bits per heavy atom. The van der Waals surface area contributed by atoms with Crippen LogP contribution in [0.5, 0.6) is 0 Å². The topological polar surface area (TPSA) is 64.2 Å². The summed E-state index contributed by atoms with van der Waals surface area (Å²) in [5.74, 6) is -0.868. The van der Waals surface area contributed by atoms with Crippen LogP contribution in [0, 0.1) is 17.1 Å². The minimum absolute atomic E-state index is 0.0330. The number of benzene rings is 1. The van der Waals surface area contributed by atoms with Crippen molar-refractivity contribution in [3.63, 3.8) is 0 Å². The Morgan fingerprint density at radius 2 is 2.21 bits per heavy atom. The maximum absolute atomic E-state index is 13.5. The van der Waals surface area contributed by atoms with Crippen molar-refractivity contribution in [3.05, 3.63) is 65.4 Å². The molecule has 1 aromatic carbocycles. The SMILES string of the molecule is C=C(/C=C(\CC)C(O)=CO)c1ccc(C#N)c(F)c1. The van der Waals surface area contributed by atoms with E-state index in [4.69, 9.17) is 10.4 Å². The molecule has 0 atom stereocenters. The molecule has 98 valence electrons. The Bertz CT molecular complexity index is 595. The van der Waals surface area contributed by atoms with E-state index < -0.39 is 5.82 Å². The molecule has 0 saturated heterocycles. The fourth-order valence-corrected chi connectivity index (χ4v) is 1.54. The van der Waals surface area contributed by atoms with Gasteiger partial charge in [-0.05, 0) is 41.3 Å². The Kier molecular flexibility index (Phi) is 4.90. The number of hydrogen-bond acceptors (Lipinski definition) is 3. The van der Waals surface area contributed by atoms with Crippen molar-refractivity contribution in [2.24, 2.45) is 0 Å². The molecule has 0 aliphatic carbocycles. The molecule has 0 aliphatic heterocycles. The monoisotopic (exact) mass is 259 g/mol. The normalized spacial score (nSPS) is 12.1. The lowest BCUT2D eigenvalue weighted by Gasteiger charge is -2.06. The van der Waals surface area contributed by atoms with Gasteiger partial charge in [0, 0.05) is 0 Å². The highest BCUT2D eigenvalue weighted by Crippen LogP contribution is 2.21. The molecule has 0 heterocycles. The van der Waals surface area contributed by atoms with Crippen LogP contribution in [-0.2, 0) is 0 Å². The second-order valence-electron chi connectivity index (χ2n) is 3.87. The van der Waals surface area contributed by atoms with Crippen LogP contribution in [0.4, 0.5) is 4.39 Å². The van der Waals surface area contributed by atoms with Gasteiger partial charge < -0.3 is 10.2 Å². The lowest BCUT2D eigenvalue weighted by molar-refractivity contribution is 0.368. The van der Waals surface area contributed by atoms with Crippen LogP contribution in [0.2, 0.25) is 0 Å². The van der Waals surface area contributed by atoms with E-state index in [0.29, 0.717) is 29.4 Å². The highest BCUT2D eigenvalue weighted by molar-refractivity contribution is 5.73. The molecule has 1 rings (SSSR count). The predicted molar refractivity (Wildman–Crippen MR) is 71.9 cm³/mol. The summed E-state index contributed by atoms with van der Waals surface area (Å²) in [6.45, 7) is 5.58. The van der Waals surface area contributed by atoms with Crippen LogP contribution in [0.1, 0.15) is 24.5 Å². The van der Waals surface area contributed by atoms with Gasteiger partial charge >= 0.3 is 0 Å². The number of hydrogen-bond donors (Lipinski definition) is 2. The predicted octanol–water partition coefficient (Wildman–Crippen LogP) is 4.00. The van der Waals surface area contributed by atoms with Gasteiger partial charge in [0.25, 0.3) is 0 Å². The molecule has 0 amide bonds. The summed E-state index contributed by atoms with van der Waals surface area (Å²) in [5, 5.41) is 26.8. The largest absolute Gasteiger partial charge is 0.512 e. The maximum atomic E-state index is 13.5. The van der Waals surface area contributed by atoms with Gasteiger partial charge in [-0.3, -0.25) is 0 Å². The van der Waals surface area contributed by atoms with E-state index in [1.807, 2.05) is 0 Å². The fraction of sp³-hybridized carbons (Fsp3) is 0.133. The summed E-state index contributed by atoms with van der Waals surface area (Å²) < 4.78 is 13.5. The highest BCUT2D eigenvalue weighted by Gasteiger charge is 2.06. The second kappa shape index (κ2) is 6.41. The first-order chi connectivity index (χ1) is 9.03. The van der Waals surface area contributed by atoms with Gasteiger partial charge in [-0.2, -0.15) is 5.26 Å². The summed E-state index contributed by atoms with van der Waals surface area (Å²) in [7, 11) is 0. The van der Waals surface area contributed by atoms with Crippen LogP contribution in [0.25, 0.3) is 5.57 Å². The molecule has 0 fully saturated rings. The lowest BCUT2D eigenvalue weighted by atomic mass is 10.0. The average Bonchev–Trinajstić information content (AvgIpc) is 2.43. The molecule has 4 heteroatoms. The van der Waals surface area contributed by atoms with Gasteiger partial charge in [0.2, 0.25) is 0 Å². The summed E-state index contributed by atoms with van der Waals surface area (Å²) in [6.07, 6.45) is 2.64. The standard InChI is InChI=1S/C15H14FNO2/c1-3-11(15(19)9-18)6-10(2)12-4-5-13(8-17)14(16)7-12/h4-7,9,18-19H,2-3H2,1H3/b11-6+,15-9?. The zero-order chi connectivity index (χ0) is 14.4. The zero-order valence-electron chi connectivity index (χ0n) is 10.5. The number of allylic oxidation sites excluding steroid dienone is 3. The van der Waals surface area contributed by atoms with Crippen molar-refractivity contribution >= 4 is 5.57 Å². The van der Waals surface area contributed by atoms with Crippen molar-refractivity contribution in [2.75, 3.05) is 0 Å². The summed E-state index contributed by atoms with van der Waals surface area (Å²) in [5.41, 5.74) is 1.44. The van der Waals surface area contributed by atoms with Crippen molar-refractivity contribution < 1.29 is 14.6 Å². The third-order valence-electron chi connectivity index (χ3n) is 2.64. The third-order valence-corrected chi connectivity index (χ3v) is 2.64. The van der Waals surface area contributed by atoms with Crippen molar-refractivity contribution in [2.45, 2.75) is 13.3 Å². The van der Waals surface area contributed by atoms with E-state index >= 15 is 0 Å². The van der Waals surface area contributed by atoms with Crippen LogP contribution < -0.4 is 0 Å². The molecule has 0 bridgehead atoms. The van der Waals surface area contributed by atoms with Crippen molar-refractivity contribution in [3.8, 4) is 6.07 Å². The fourth-order valence-electron chi connectivity index (χ4n) is 1.54. The van der Waals surface area contributed by atoms with E-state index in [0.717, 1.165) is 0 Å². The molecule has 2 N–H and O–H groups in total. The smallest absolute Gasteiger partial charge is 0.152 e. The molecular weight excluding hydrogens is 245 g/mol. The molecule has 3 nitrogen and oxygen atoms in total. The summed E-state index contributed by atoms with van der Waals surface area (Å²) in [4.78, 5) is 0. The van der Waals surface area contributed by atoms with Crippen LogP contribution in [0.15, 0.2) is 48.4 Å². The maximum Gasteiger partial charge on any atom is 0.152 e. The van der Waals surface area contributed by atoms with Crippen LogP contribution in [0.3, 0.4) is 0 Å². The number of aliphatic hydroxyl groups excluding tert-OH is 2. The summed E-state index contributed by atoms with van der Waals surface area (Å²) >= 11 is 0. The quantitative estimate of drug-likeness (QED) is 0.634. The molecule has 0 saturated carbocycles. The van der Waals surface area contributed by atoms with Crippen molar-refractivity contribution in [1.82, 2.24) is 0 Å². The van der Waals surface area contributed by atoms with E-state index in [1.165, 1.54) is 12.1 Å². The first kappa shape index (κ1) is 14.5. The molecule has 19 heavy (non-hydrogen) atoms. The third kappa shape index (κ3) is 3.46. The first-order valence-electron chi connectivity index (χ1n) is 5.66. The molecular formula is C15H14FNO2. The van der Waals surface area contributed by atoms with Gasteiger partial charge in [-0.1, -0.05) is 19.6 Å².